The standard InChI is InChI=1S/C146H172N2/c1-139(2,3)117-63-101(64-118(81-117)140(4,5)6)97-59-98(102-65-119(141(7,8)9)82-120(66-102)142(10,11)12)72-125(71-97)147(127-75-113(133-105-43-85-39-86(45-105)46-106(133)44-85)61-114(76-127)134-107-47-87-40-88(49-107)50-108(134)48-87)137-129-37-35-96(94-33-29-26-30-34-94)80-132(129)138(130-38-36-95(79-131(130)137)93-31-27-25-28-32-93)148(128-77-115(135-109-51-89-41-90(53-109)54-110(135)52-89)62-116(78-128)136-111-55-91-42-92(57-111)58-112(136)56-91)126-73-99(103-67-121(143(13,14)15)83-122(68-103)144(16,17)18)60-100(74-126)104-69-123(145(19,20)21)84-124(70-104)146(22,23)24/h25-38,59-92,105-112,133-136H,39-58H2,1-24H3. The summed E-state index contributed by atoms with van der Waals surface area (Å²) < 4.78 is 0. The molecule has 16 fully saturated rings. The summed E-state index contributed by atoms with van der Waals surface area (Å²) >= 11 is 0. The fraction of sp³-hybridized carbons (Fsp3) is 0.493. The molecule has 148 heavy (non-hydrogen) atoms. The van der Waals surface area contributed by atoms with Gasteiger partial charge in [0.25, 0.3) is 0 Å². The van der Waals surface area contributed by atoms with Crippen LogP contribution in [-0.2, 0) is 43.3 Å². The van der Waals surface area contributed by atoms with Gasteiger partial charge in [-0.3, -0.25) is 0 Å². The van der Waals surface area contributed by atoms with E-state index in [1.807, 2.05) is 0 Å². The Bertz CT molecular complexity index is 6350. The zero-order chi connectivity index (χ0) is 103. The molecule has 0 spiro atoms. The molecular formula is C146H172N2. The third-order valence-corrected chi connectivity index (χ3v) is 41.0. The van der Waals surface area contributed by atoms with E-state index in [0.29, 0.717) is 71.0 Å². The normalized spacial score (nSPS) is 27.5. The number of rotatable bonds is 16. The highest BCUT2D eigenvalue weighted by Crippen LogP contribution is 2.68. The lowest BCUT2D eigenvalue weighted by atomic mass is 9.49. The van der Waals surface area contributed by atoms with Crippen LogP contribution >= 0.6 is 0 Å². The average molecular weight is 1950 g/mol. The average Bonchev–Trinajstić information content (AvgIpc) is 0.704. The van der Waals surface area contributed by atoms with Crippen LogP contribution in [0, 0.1) is 94.7 Å². The molecule has 0 unspecified atom stereocenters. The molecule has 16 aliphatic carbocycles. The molecule has 13 aromatic carbocycles. The van der Waals surface area contributed by atoms with Crippen molar-refractivity contribution in [3.8, 4) is 66.8 Å². The highest BCUT2D eigenvalue weighted by molar-refractivity contribution is 6.25. The summed E-state index contributed by atoms with van der Waals surface area (Å²) in [6, 6.07) is 104. The Morgan fingerprint density at radius 3 is 0.541 bits per heavy atom. The molecule has 0 saturated heterocycles. The first kappa shape index (κ1) is 98.7. The van der Waals surface area contributed by atoms with Gasteiger partial charge in [-0.25, -0.2) is 0 Å². The van der Waals surface area contributed by atoms with Gasteiger partial charge in [-0.05, 0) is 496 Å². The van der Waals surface area contributed by atoms with Gasteiger partial charge in [-0.1, -0.05) is 336 Å². The van der Waals surface area contributed by atoms with Crippen LogP contribution in [0.15, 0.2) is 243 Å². The summed E-state index contributed by atoms with van der Waals surface area (Å²) in [7, 11) is 0. The van der Waals surface area contributed by atoms with Crippen LogP contribution in [0.2, 0.25) is 0 Å². The molecule has 0 amide bonds. The van der Waals surface area contributed by atoms with Gasteiger partial charge in [0.15, 0.2) is 0 Å². The predicted octanol–water partition coefficient (Wildman–Crippen LogP) is 41.5. The Morgan fingerprint density at radius 2 is 0.345 bits per heavy atom. The van der Waals surface area contributed by atoms with E-state index < -0.39 is 0 Å². The van der Waals surface area contributed by atoms with Crippen molar-refractivity contribution in [3.63, 3.8) is 0 Å². The monoisotopic (exact) mass is 1950 g/mol. The van der Waals surface area contributed by atoms with E-state index in [2.05, 4.69) is 419 Å². The summed E-state index contributed by atoms with van der Waals surface area (Å²) in [6.07, 6.45) is 27.8. The first-order valence-corrected chi connectivity index (χ1v) is 59.1. The predicted molar refractivity (Wildman–Crippen MR) is 632 cm³/mol. The first-order valence-electron chi connectivity index (χ1n) is 59.1. The Balaban J connectivity index is 0.865. The Kier molecular flexibility index (Phi) is 23.9. The van der Waals surface area contributed by atoms with Gasteiger partial charge >= 0.3 is 0 Å². The third-order valence-electron chi connectivity index (χ3n) is 41.0. The molecule has 0 heterocycles. The van der Waals surface area contributed by atoms with Gasteiger partial charge in [0.2, 0.25) is 0 Å². The van der Waals surface area contributed by atoms with Crippen LogP contribution in [0.3, 0.4) is 0 Å². The van der Waals surface area contributed by atoms with Gasteiger partial charge in [0.1, 0.15) is 0 Å². The van der Waals surface area contributed by atoms with Crippen molar-refractivity contribution < 1.29 is 0 Å². The third kappa shape index (κ3) is 18.3. The highest BCUT2D eigenvalue weighted by Gasteiger charge is 2.55. The molecule has 13 aromatic rings. The molecular weight excluding hydrogens is 1780 g/mol. The number of anilines is 6. The maximum absolute atomic E-state index is 3.01. The van der Waals surface area contributed by atoms with Crippen LogP contribution in [0.4, 0.5) is 34.1 Å². The quantitative estimate of drug-likeness (QED) is 0.0703. The summed E-state index contributed by atoms with van der Waals surface area (Å²) in [5.41, 5.74) is 39.3. The molecule has 16 bridgehead atoms. The SMILES string of the molecule is CC(C)(C)c1cc(-c2cc(-c3cc(C(C)(C)C)cc(C(C)(C)C)c3)cc(N(c3cc(C4C5CC6CC(C5)CC4C6)cc(C4C5CC6CC(C5)CC4C6)c3)c3c4ccc(-c5ccccc5)cc4c(N(c4cc(-c5cc(C(C)(C)C)cc(C(C)(C)C)c5)cc(-c5cc(C(C)(C)C)cc(C(C)(C)C)c5)c4)c4cc(C5C6CC7CC(C6)CC5C7)cc(C5C6CC7CC(C6)CC5C7)c4)c4ccc(-c5ccccc5)cc34)c2)cc(C(C)(C)C)c1. The molecule has 0 N–H and O–H groups in total. The van der Waals surface area contributed by atoms with Crippen LogP contribution in [-0.4, -0.2) is 0 Å². The van der Waals surface area contributed by atoms with Crippen molar-refractivity contribution in [1.29, 1.82) is 0 Å². The van der Waals surface area contributed by atoms with Crippen molar-refractivity contribution in [2.45, 2.75) is 362 Å². The molecule has 2 nitrogen and oxygen atoms in total. The van der Waals surface area contributed by atoms with Crippen molar-refractivity contribution in [1.82, 2.24) is 0 Å². The molecule has 2 heteroatoms. The van der Waals surface area contributed by atoms with Gasteiger partial charge in [0.05, 0.1) is 11.4 Å². The second kappa shape index (κ2) is 35.8. The fourth-order valence-electron chi connectivity index (χ4n) is 34.1. The highest BCUT2D eigenvalue weighted by atomic mass is 15.2. The zero-order valence-corrected chi connectivity index (χ0v) is 94.7. The first-order chi connectivity index (χ1) is 70.1. The summed E-state index contributed by atoms with van der Waals surface area (Å²) in [4.78, 5) is 6.03. The molecule has 29 rings (SSSR count). The lowest BCUT2D eigenvalue weighted by molar-refractivity contribution is -0.00507. The van der Waals surface area contributed by atoms with Crippen LogP contribution in [0.1, 0.15) is 385 Å². The molecule has 16 saturated carbocycles. The van der Waals surface area contributed by atoms with Gasteiger partial charge < -0.3 is 9.80 Å². The van der Waals surface area contributed by atoms with E-state index in [1.54, 1.807) is 22.3 Å². The molecule has 0 aliphatic heterocycles. The summed E-state index contributed by atoms with van der Waals surface area (Å²) in [6.45, 7) is 58.7. The van der Waals surface area contributed by atoms with Crippen LogP contribution < -0.4 is 9.80 Å². The molecule has 0 radical (unpaired) electrons. The number of hydrogen-bond acceptors (Lipinski definition) is 2. The van der Waals surface area contributed by atoms with E-state index in [9.17, 15) is 0 Å². The van der Waals surface area contributed by atoms with Gasteiger partial charge in [0, 0.05) is 44.3 Å². The smallest absolute Gasteiger partial charge is 0.0620 e. The van der Waals surface area contributed by atoms with E-state index in [4.69, 9.17) is 0 Å². The summed E-state index contributed by atoms with van der Waals surface area (Å²) in [5, 5.41) is 5.08. The largest absolute Gasteiger partial charge is 0.309 e. The molecule has 0 aromatic heterocycles. The maximum Gasteiger partial charge on any atom is 0.0620 e. The second-order valence-corrected chi connectivity index (χ2v) is 59.9. The second-order valence-electron chi connectivity index (χ2n) is 59.9. The van der Waals surface area contributed by atoms with Crippen LogP contribution in [0.25, 0.3) is 88.3 Å². The fourth-order valence-corrected chi connectivity index (χ4v) is 34.1. The van der Waals surface area contributed by atoms with Crippen molar-refractivity contribution in [2.75, 3.05) is 9.80 Å². The minimum atomic E-state index is -0.128. The van der Waals surface area contributed by atoms with E-state index in [1.165, 1.54) is 295 Å². The Morgan fingerprint density at radius 1 is 0.155 bits per heavy atom. The number of hydrogen-bond donors (Lipinski definition) is 0. The number of benzene rings is 13. The lowest BCUT2D eigenvalue weighted by Crippen LogP contribution is -2.44. The lowest BCUT2D eigenvalue weighted by Gasteiger charge is -2.56. The summed E-state index contributed by atoms with van der Waals surface area (Å²) in [5.74, 6) is 14.3. The zero-order valence-electron chi connectivity index (χ0n) is 94.7. The van der Waals surface area contributed by atoms with E-state index in [-0.39, 0.29) is 43.3 Å². The van der Waals surface area contributed by atoms with Crippen molar-refractivity contribution in [2.24, 2.45) is 94.7 Å². The van der Waals surface area contributed by atoms with Crippen molar-refractivity contribution >= 4 is 55.7 Å². The van der Waals surface area contributed by atoms with Gasteiger partial charge in [-0.2, -0.15) is 0 Å². The Hall–Kier alpha value is -10.0. The Labute approximate surface area is 891 Å². The van der Waals surface area contributed by atoms with Crippen molar-refractivity contribution in [3.05, 3.63) is 309 Å². The van der Waals surface area contributed by atoms with Crippen LogP contribution in [0.5, 0.6) is 0 Å². The topological polar surface area (TPSA) is 6.48 Å². The number of fused-ring (bicyclic) bond motifs is 2. The molecule has 766 valence electrons. The minimum Gasteiger partial charge on any atom is -0.309 e. The molecule has 16 aliphatic rings. The number of nitrogens with zero attached hydrogens (tertiary/aromatic N) is 2. The van der Waals surface area contributed by atoms with Gasteiger partial charge in [-0.15, -0.1) is 0 Å². The van der Waals surface area contributed by atoms with E-state index >= 15 is 0 Å². The molecule has 0 atom stereocenters. The minimum absolute atomic E-state index is 0.128. The van der Waals surface area contributed by atoms with E-state index in [0.717, 1.165) is 47.3 Å². The maximum atomic E-state index is 3.01.